The lowest BCUT2D eigenvalue weighted by Crippen LogP contribution is -2.26. The zero-order valence-electron chi connectivity index (χ0n) is 11.7. The lowest BCUT2D eigenvalue weighted by molar-refractivity contribution is 0.0166. The van der Waals surface area contributed by atoms with E-state index in [1.165, 1.54) is 6.07 Å². The van der Waals surface area contributed by atoms with E-state index in [0.29, 0.717) is 26.2 Å². The number of halogens is 2. The molecule has 1 saturated heterocycles. The molecule has 1 amide bonds. The topological polar surface area (TPSA) is 47.6 Å². The number of benzene rings is 1. The summed E-state index contributed by atoms with van der Waals surface area (Å²) in [5, 5.41) is 2.68. The van der Waals surface area contributed by atoms with Crippen molar-refractivity contribution in [1.82, 2.24) is 5.32 Å². The average Bonchev–Trinajstić information content (AvgIpc) is 2.98. The highest BCUT2D eigenvalue weighted by atomic mass is 79.9. The van der Waals surface area contributed by atoms with Crippen LogP contribution in [0.15, 0.2) is 22.7 Å². The maximum absolute atomic E-state index is 13.7. The zero-order chi connectivity index (χ0) is 15.1. The van der Waals surface area contributed by atoms with Crippen molar-refractivity contribution >= 4 is 21.8 Å². The van der Waals surface area contributed by atoms with Gasteiger partial charge in [0.15, 0.2) is 0 Å². The van der Waals surface area contributed by atoms with Crippen LogP contribution in [-0.4, -0.2) is 38.4 Å². The highest BCUT2D eigenvalue weighted by molar-refractivity contribution is 9.10. The lowest BCUT2D eigenvalue weighted by Gasteiger charge is -2.10. The van der Waals surface area contributed by atoms with E-state index in [1.807, 2.05) is 0 Å². The van der Waals surface area contributed by atoms with E-state index < -0.39 is 11.7 Å². The van der Waals surface area contributed by atoms with Gasteiger partial charge < -0.3 is 14.8 Å². The Bertz CT molecular complexity index is 478. The average molecular weight is 360 g/mol. The Morgan fingerprint density at radius 3 is 3.14 bits per heavy atom. The number of carbonyl (C=O) groups is 1. The van der Waals surface area contributed by atoms with Crippen LogP contribution >= 0.6 is 15.9 Å². The predicted octanol–water partition coefficient (Wildman–Crippen LogP) is 2.90. The van der Waals surface area contributed by atoms with Crippen molar-refractivity contribution in [1.29, 1.82) is 0 Å². The molecule has 1 atom stereocenters. The van der Waals surface area contributed by atoms with Crippen LogP contribution < -0.4 is 5.32 Å². The van der Waals surface area contributed by atoms with E-state index in [2.05, 4.69) is 21.2 Å². The van der Waals surface area contributed by atoms with Crippen molar-refractivity contribution in [2.45, 2.75) is 25.4 Å². The fraction of sp³-hybridized carbons (Fsp3) is 0.533. The molecule has 1 unspecified atom stereocenters. The number of hydrogen-bond donors (Lipinski definition) is 1. The van der Waals surface area contributed by atoms with Crippen LogP contribution in [0, 0.1) is 5.82 Å². The Balaban J connectivity index is 1.61. The third kappa shape index (κ3) is 5.05. The van der Waals surface area contributed by atoms with Gasteiger partial charge in [0.05, 0.1) is 22.7 Å². The Labute approximate surface area is 132 Å². The van der Waals surface area contributed by atoms with E-state index in [1.54, 1.807) is 12.1 Å². The number of carbonyl (C=O) groups excluding carboxylic acids is 1. The summed E-state index contributed by atoms with van der Waals surface area (Å²) >= 11 is 3.06. The summed E-state index contributed by atoms with van der Waals surface area (Å²) in [7, 11) is 0. The molecule has 116 valence electrons. The second-order valence-corrected chi connectivity index (χ2v) is 5.78. The molecule has 1 fully saturated rings. The third-order valence-corrected chi connectivity index (χ3v) is 3.89. The number of ether oxygens (including phenoxy) is 2. The molecule has 0 spiro atoms. The molecule has 0 bridgehead atoms. The monoisotopic (exact) mass is 359 g/mol. The fourth-order valence-corrected chi connectivity index (χ4v) is 2.51. The lowest BCUT2D eigenvalue weighted by atomic mass is 10.2. The predicted molar refractivity (Wildman–Crippen MR) is 80.8 cm³/mol. The van der Waals surface area contributed by atoms with Gasteiger partial charge in [-0.25, -0.2) is 4.39 Å². The minimum atomic E-state index is -0.537. The minimum Gasteiger partial charge on any atom is -0.379 e. The van der Waals surface area contributed by atoms with Crippen LogP contribution in [0.1, 0.15) is 29.6 Å². The van der Waals surface area contributed by atoms with Crippen molar-refractivity contribution in [3.8, 4) is 0 Å². The van der Waals surface area contributed by atoms with Crippen LogP contribution in [0.2, 0.25) is 0 Å². The second kappa shape index (κ2) is 8.46. The second-order valence-electron chi connectivity index (χ2n) is 4.92. The number of rotatable bonds is 7. The smallest absolute Gasteiger partial charge is 0.254 e. The number of hydrogen-bond acceptors (Lipinski definition) is 3. The first-order valence-corrected chi connectivity index (χ1v) is 7.89. The molecule has 4 nitrogen and oxygen atoms in total. The molecule has 0 radical (unpaired) electrons. The van der Waals surface area contributed by atoms with Crippen molar-refractivity contribution in [3.05, 3.63) is 34.1 Å². The maximum atomic E-state index is 13.7. The van der Waals surface area contributed by atoms with Crippen LogP contribution in [0.5, 0.6) is 0 Å². The highest BCUT2D eigenvalue weighted by Crippen LogP contribution is 2.18. The maximum Gasteiger partial charge on any atom is 0.254 e. The Morgan fingerprint density at radius 1 is 1.52 bits per heavy atom. The van der Waals surface area contributed by atoms with Gasteiger partial charge in [0.25, 0.3) is 5.91 Å². The van der Waals surface area contributed by atoms with Crippen molar-refractivity contribution in [2.75, 3.05) is 26.4 Å². The molecule has 1 aliphatic heterocycles. The van der Waals surface area contributed by atoms with Crippen LogP contribution in [0.3, 0.4) is 0 Å². The van der Waals surface area contributed by atoms with Gasteiger partial charge in [-0.1, -0.05) is 6.07 Å². The van der Waals surface area contributed by atoms with Crippen molar-refractivity contribution in [2.24, 2.45) is 0 Å². The first-order valence-electron chi connectivity index (χ1n) is 7.10. The van der Waals surface area contributed by atoms with Gasteiger partial charge in [-0.3, -0.25) is 4.79 Å². The summed E-state index contributed by atoms with van der Waals surface area (Å²) in [6, 6.07) is 4.65. The molecule has 0 saturated carbocycles. The normalized spacial score (nSPS) is 17.9. The molecule has 1 aromatic rings. The largest absolute Gasteiger partial charge is 0.379 e. The van der Waals surface area contributed by atoms with E-state index in [4.69, 9.17) is 9.47 Å². The summed E-state index contributed by atoms with van der Waals surface area (Å²) in [4.78, 5) is 11.8. The van der Waals surface area contributed by atoms with Gasteiger partial charge >= 0.3 is 0 Å². The fourth-order valence-electron chi connectivity index (χ4n) is 2.14. The van der Waals surface area contributed by atoms with E-state index in [0.717, 1.165) is 19.4 Å². The molecule has 0 aromatic heterocycles. The van der Waals surface area contributed by atoms with Gasteiger partial charge in [-0.2, -0.15) is 0 Å². The SMILES string of the molecule is O=C(NCCCOCC1CCCO1)c1cccc(Br)c1F. The Hall–Kier alpha value is -0.980. The molecule has 1 heterocycles. The first kappa shape index (κ1) is 16.4. The highest BCUT2D eigenvalue weighted by Gasteiger charge is 2.15. The van der Waals surface area contributed by atoms with Crippen LogP contribution in [0.4, 0.5) is 4.39 Å². The quantitative estimate of drug-likeness (QED) is 0.761. The van der Waals surface area contributed by atoms with Gasteiger partial charge in [0.1, 0.15) is 5.82 Å². The van der Waals surface area contributed by atoms with Crippen LogP contribution in [0.25, 0.3) is 0 Å². The van der Waals surface area contributed by atoms with Crippen molar-refractivity contribution in [3.63, 3.8) is 0 Å². The minimum absolute atomic E-state index is 0.0460. The van der Waals surface area contributed by atoms with Gasteiger partial charge in [0, 0.05) is 19.8 Å². The summed E-state index contributed by atoms with van der Waals surface area (Å²) in [6.45, 7) is 2.44. The number of amides is 1. The van der Waals surface area contributed by atoms with E-state index >= 15 is 0 Å². The molecular weight excluding hydrogens is 341 g/mol. The molecule has 6 heteroatoms. The molecule has 1 N–H and O–H groups in total. The van der Waals surface area contributed by atoms with Gasteiger partial charge in [0.2, 0.25) is 0 Å². The standard InChI is InChI=1S/C15H19BrFNO3/c16-13-6-1-5-12(14(13)17)15(19)18-7-3-8-20-10-11-4-2-9-21-11/h1,5-6,11H,2-4,7-10H2,(H,18,19). The molecule has 21 heavy (non-hydrogen) atoms. The summed E-state index contributed by atoms with van der Waals surface area (Å²) in [6.07, 6.45) is 3.06. The molecule has 2 rings (SSSR count). The summed E-state index contributed by atoms with van der Waals surface area (Å²) in [5.41, 5.74) is 0.0460. The van der Waals surface area contributed by atoms with Gasteiger partial charge in [-0.05, 0) is 47.3 Å². The molecule has 1 aromatic carbocycles. The summed E-state index contributed by atoms with van der Waals surface area (Å²) < 4.78 is 24.9. The van der Waals surface area contributed by atoms with Crippen LogP contribution in [-0.2, 0) is 9.47 Å². The number of nitrogens with one attached hydrogen (secondary N) is 1. The zero-order valence-corrected chi connectivity index (χ0v) is 13.3. The van der Waals surface area contributed by atoms with Crippen molar-refractivity contribution < 1.29 is 18.7 Å². The molecule has 0 aliphatic carbocycles. The Morgan fingerprint density at radius 2 is 2.38 bits per heavy atom. The van der Waals surface area contributed by atoms with E-state index in [-0.39, 0.29) is 16.1 Å². The third-order valence-electron chi connectivity index (χ3n) is 3.27. The molecular formula is C15H19BrFNO3. The Kier molecular flexibility index (Phi) is 6.60. The van der Waals surface area contributed by atoms with E-state index in [9.17, 15) is 9.18 Å². The molecule has 1 aliphatic rings. The van der Waals surface area contributed by atoms with Gasteiger partial charge in [-0.15, -0.1) is 0 Å². The summed E-state index contributed by atoms with van der Waals surface area (Å²) in [5.74, 6) is -0.947. The first-order chi connectivity index (χ1) is 10.2.